The number of aliphatic hydroxyl groups is 1. The Labute approximate surface area is 156 Å². The maximum absolute atomic E-state index is 12.5. The van der Waals surface area contributed by atoms with Gasteiger partial charge in [0.05, 0.1) is 17.9 Å². The first kappa shape index (κ1) is 18.6. The van der Waals surface area contributed by atoms with Gasteiger partial charge in [-0.3, -0.25) is 9.59 Å². The van der Waals surface area contributed by atoms with Crippen molar-refractivity contribution in [3.8, 4) is 5.69 Å². The lowest BCUT2D eigenvalue weighted by molar-refractivity contribution is -0.133. The summed E-state index contributed by atoms with van der Waals surface area (Å²) in [4.78, 5) is 24.5. The van der Waals surface area contributed by atoms with Gasteiger partial charge in [-0.2, -0.15) is 5.10 Å². The molecule has 0 radical (unpaired) electrons. The zero-order chi connectivity index (χ0) is 19.6. The van der Waals surface area contributed by atoms with E-state index in [2.05, 4.69) is 10.4 Å². The number of carbonyl (C=O) groups excluding carboxylic acids is 1. The topological polar surface area (TPSA) is 89.2 Å². The predicted molar refractivity (Wildman–Crippen MR) is 103 cm³/mol. The Balaban J connectivity index is 1.70. The number of benzene rings is 1. The van der Waals surface area contributed by atoms with Gasteiger partial charge in [-0.1, -0.05) is 0 Å². The molecule has 0 fully saturated rings. The van der Waals surface area contributed by atoms with Crippen molar-refractivity contribution in [1.82, 2.24) is 14.3 Å². The van der Waals surface area contributed by atoms with E-state index in [0.29, 0.717) is 5.69 Å². The van der Waals surface area contributed by atoms with Crippen LogP contribution in [0.25, 0.3) is 5.69 Å². The second-order valence-corrected chi connectivity index (χ2v) is 6.85. The molecule has 0 bridgehead atoms. The Morgan fingerprint density at radius 2 is 1.85 bits per heavy atom. The molecular weight excluding hydrogens is 344 g/mol. The van der Waals surface area contributed by atoms with Crippen LogP contribution < -0.4 is 10.9 Å². The van der Waals surface area contributed by atoms with Crippen molar-refractivity contribution >= 4 is 11.6 Å². The zero-order valence-corrected chi connectivity index (χ0v) is 15.5. The van der Waals surface area contributed by atoms with Crippen molar-refractivity contribution in [2.45, 2.75) is 32.9 Å². The fourth-order valence-corrected chi connectivity index (χ4v) is 2.66. The molecule has 0 saturated carbocycles. The highest BCUT2D eigenvalue weighted by molar-refractivity contribution is 5.96. The summed E-state index contributed by atoms with van der Waals surface area (Å²) < 4.78 is 3.05. The van der Waals surface area contributed by atoms with Crippen LogP contribution >= 0.6 is 0 Å². The Bertz CT molecular complexity index is 1020. The summed E-state index contributed by atoms with van der Waals surface area (Å²) in [5.41, 5.74) is 1.14. The average Bonchev–Trinajstić information content (AvgIpc) is 3.04. The van der Waals surface area contributed by atoms with Gasteiger partial charge in [0.1, 0.15) is 0 Å². The van der Waals surface area contributed by atoms with Gasteiger partial charge < -0.3 is 15.0 Å². The van der Waals surface area contributed by atoms with Crippen LogP contribution in [0.3, 0.4) is 0 Å². The summed E-state index contributed by atoms with van der Waals surface area (Å²) in [6.45, 7) is 4.97. The van der Waals surface area contributed by atoms with E-state index >= 15 is 0 Å². The average molecular weight is 366 g/mol. The van der Waals surface area contributed by atoms with E-state index in [0.717, 1.165) is 16.9 Å². The number of carbonyl (C=O) groups is 1. The van der Waals surface area contributed by atoms with Crippen molar-refractivity contribution < 1.29 is 9.90 Å². The van der Waals surface area contributed by atoms with Gasteiger partial charge in [0.2, 0.25) is 0 Å². The Kier molecular flexibility index (Phi) is 4.96. The van der Waals surface area contributed by atoms with Gasteiger partial charge in [-0.05, 0) is 62.7 Å². The second kappa shape index (κ2) is 7.20. The van der Waals surface area contributed by atoms with E-state index in [1.807, 2.05) is 38.2 Å². The second-order valence-electron chi connectivity index (χ2n) is 6.85. The van der Waals surface area contributed by atoms with E-state index < -0.39 is 11.5 Å². The number of pyridine rings is 1. The molecule has 0 aliphatic carbocycles. The Morgan fingerprint density at radius 1 is 1.15 bits per heavy atom. The van der Waals surface area contributed by atoms with E-state index in [9.17, 15) is 14.7 Å². The largest absolute Gasteiger partial charge is 0.378 e. The molecule has 140 valence electrons. The first-order chi connectivity index (χ1) is 12.7. The number of rotatable bonds is 5. The molecule has 7 nitrogen and oxygen atoms in total. The molecule has 7 heteroatoms. The number of amides is 1. The van der Waals surface area contributed by atoms with Crippen LogP contribution in [0.1, 0.15) is 18.2 Å². The van der Waals surface area contributed by atoms with Gasteiger partial charge in [0.25, 0.3) is 11.5 Å². The molecule has 3 rings (SSSR count). The molecule has 1 aromatic carbocycles. The summed E-state index contributed by atoms with van der Waals surface area (Å²) >= 11 is 0. The summed E-state index contributed by atoms with van der Waals surface area (Å²) in [5, 5.41) is 17.6. The third kappa shape index (κ3) is 4.32. The van der Waals surface area contributed by atoms with E-state index in [4.69, 9.17) is 0 Å². The lowest BCUT2D eigenvalue weighted by Gasteiger charge is -2.23. The number of nitrogens with one attached hydrogen (secondary N) is 1. The Hall–Kier alpha value is -3.19. The molecule has 0 spiro atoms. The lowest BCUT2D eigenvalue weighted by Crippen LogP contribution is -2.45. The van der Waals surface area contributed by atoms with Crippen molar-refractivity contribution in [2.75, 3.05) is 5.32 Å². The van der Waals surface area contributed by atoms with Crippen molar-refractivity contribution in [3.63, 3.8) is 0 Å². The molecule has 1 atom stereocenters. The fraction of sp³-hybridized carbons (Fsp3) is 0.250. The molecular formula is C20H22N4O3. The smallest absolute Gasteiger partial charge is 0.257 e. The summed E-state index contributed by atoms with van der Waals surface area (Å²) in [5.74, 6) is -0.586. The standard InChI is InChI=1S/C20H22N4O3/c1-14-8-10-23(18(25)12-14)13-20(3,27)19(26)21-16-4-6-17(7-5-16)24-11-9-15(2)22-24/h4-12,27H,13H2,1-3H3,(H,21,26). The minimum Gasteiger partial charge on any atom is -0.378 e. The predicted octanol–water partition coefficient (Wildman–Crippen LogP) is 2.04. The van der Waals surface area contributed by atoms with Gasteiger partial charge in [0, 0.05) is 24.1 Å². The van der Waals surface area contributed by atoms with Crippen LogP contribution in [-0.2, 0) is 11.3 Å². The van der Waals surface area contributed by atoms with Gasteiger partial charge >= 0.3 is 0 Å². The first-order valence-electron chi connectivity index (χ1n) is 8.58. The molecule has 1 unspecified atom stereocenters. The van der Waals surface area contributed by atoms with Crippen molar-refractivity contribution in [1.29, 1.82) is 0 Å². The van der Waals surface area contributed by atoms with Crippen LogP contribution in [0.2, 0.25) is 0 Å². The Morgan fingerprint density at radius 3 is 2.44 bits per heavy atom. The fourth-order valence-electron chi connectivity index (χ4n) is 2.66. The third-order valence-corrected chi connectivity index (χ3v) is 4.23. The van der Waals surface area contributed by atoms with Crippen LogP contribution in [0.4, 0.5) is 5.69 Å². The van der Waals surface area contributed by atoms with E-state index in [-0.39, 0.29) is 12.1 Å². The zero-order valence-electron chi connectivity index (χ0n) is 15.5. The summed E-state index contributed by atoms with van der Waals surface area (Å²) in [6.07, 6.45) is 3.42. The van der Waals surface area contributed by atoms with Crippen LogP contribution in [-0.4, -0.2) is 31.0 Å². The van der Waals surface area contributed by atoms with Crippen LogP contribution in [0.15, 0.2) is 59.7 Å². The molecule has 0 aliphatic heterocycles. The number of hydrogen-bond acceptors (Lipinski definition) is 4. The highest BCUT2D eigenvalue weighted by atomic mass is 16.3. The highest BCUT2D eigenvalue weighted by Gasteiger charge is 2.31. The maximum atomic E-state index is 12.5. The molecule has 2 N–H and O–H groups in total. The third-order valence-electron chi connectivity index (χ3n) is 4.23. The van der Waals surface area contributed by atoms with E-state index in [1.54, 1.807) is 29.1 Å². The van der Waals surface area contributed by atoms with Gasteiger partial charge in [-0.25, -0.2) is 4.68 Å². The summed E-state index contributed by atoms with van der Waals surface area (Å²) in [7, 11) is 0. The number of hydrogen-bond donors (Lipinski definition) is 2. The molecule has 0 aliphatic rings. The number of aryl methyl sites for hydroxylation is 2. The first-order valence-corrected chi connectivity index (χ1v) is 8.58. The van der Waals surface area contributed by atoms with Gasteiger partial charge in [0.15, 0.2) is 5.60 Å². The maximum Gasteiger partial charge on any atom is 0.257 e. The van der Waals surface area contributed by atoms with E-state index in [1.165, 1.54) is 17.6 Å². The minimum absolute atomic E-state index is 0.136. The molecule has 0 saturated heterocycles. The lowest BCUT2D eigenvalue weighted by atomic mass is 10.1. The van der Waals surface area contributed by atoms with Crippen molar-refractivity contribution in [3.05, 3.63) is 76.5 Å². The number of nitrogens with zero attached hydrogens (tertiary/aromatic N) is 3. The summed E-state index contributed by atoms with van der Waals surface area (Å²) in [6, 6.07) is 12.2. The quantitative estimate of drug-likeness (QED) is 0.723. The number of anilines is 1. The monoisotopic (exact) mass is 366 g/mol. The molecule has 1 amide bonds. The highest BCUT2D eigenvalue weighted by Crippen LogP contribution is 2.16. The molecule has 2 aromatic heterocycles. The van der Waals surface area contributed by atoms with Gasteiger partial charge in [-0.15, -0.1) is 0 Å². The molecule has 27 heavy (non-hydrogen) atoms. The normalized spacial score (nSPS) is 13.2. The van der Waals surface area contributed by atoms with Crippen LogP contribution in [0.5, 0.6) is 0 Å². The number of aromatic nitrogens is 3. The SMILES string of the molecule is Cc1ccn(CC(C)(O)C(=O)Nc2ccc(-n3ccc(C)n3)cc2)c(=O)c1. The molecule has 2 heterocycles. The molecule has 3 aromatic rings. The van der Waals surface area contributed by atoms with Crippen molar-refractivity contribution in [2.24, 2.45) is 0 Å². The van der Waals surface area contributed by atoms with Crippen LogP contribution in [0, 0.1) is 13.8 Å². The minimum atomic E-state index is -1.74.